The van der Waals surface area contributed by atoms with Gasteiger partial charge >= 0.3 is 0 Å². The van der Waals surface area contributed by atoms with Crippen LogP contribution in [0, 0.1) is 0 Å². The average Bonchev–Trinajstić information content (AvgIpc) is 2.72. The molecule has 0 N–H and O–H groups in total. The summed E-state index contributed by atoms with van der Waals surface area (Å²) in [6.07, 6.45) is 8.57. The fourth-order valence-corrected chi connectivity index (χ4v) is 0.787. The molecule has 0 atom stereocenters. The highest BCUT2D eigenvalue weighted by atomic mass is 15.6. The Labute approximate surface area is 82.9 Å². The van der Waals surface area contributed by atoms with Crippen LogP contribution in [0.2, 0.25) is 0 Å². The van der Waals surface area contributed by atoms with Crippen molar-refractivity contribution in [2.75, 3.05) is 0 Å². The summed E-state index contributed by atoms with van der Waals surface area (Å²) in [6.45, 7) is 9.28. The van der Waals surface area contributed by atoms with Gasteiger partial charge in [0.15, 0.2) is 6.33 Å². The van der Waals surface area contributed by atoms with Crippen LogP contribution in [-0.4, -0.2) is 20.2 Å². The van der Waals surface area contributed by atoms with Crippen molar-refractivity contribution in [2.24, 2.45) is 0 Å². The maximum absolute atomic E-state index is 3.89. The zero-order valence-corrected chi connectivity index (χ0v) is 8.09. The van der Waals surface area contributed by atoms with Gasteiger partial charge in [-0.2, -0.15) is 0 Å². The summed E-state index contributed by atoms with van der Waals surface area (Å²) in [7, 11) is 0. The summed E-state index contributed by atoms with van der Waals surface area (Å²) >= 11 is 0. The van der Waals surface area contributed by atoms with Crippen LogP contribution in [-0.2, 0) is 0 Å². The van der Waals surface area contributed by atoms with E-state index in [-0.39, 0.29) is 0 Å². The number of hydrogen-bond acceptors (Lipinski definition) is 3. The maximum Gasteiger partial charge on any atom is 0.162 e. The summed E-state index contributed by atoms with van der Waals surface area (Å²) in [6, 6.07) is 0. The Morgan fingerprint density at radius 3 is 2.57 bits per heavy atom. The summed E-state index contributed by atoms with van der Waals surface area (Å²) < 4.78 is 0. The van der Waals surface area contributed by atoms with E-state index in [1.807, 2.05) is 19.1 Å². The molecule has 0 spiro atoms. The fourth-order valence-electron chi connectivity index (χ4n) is 0.787. The number of tetrazole rings is 1. The van der Waals surface area contributed by atoms with Crippen molar-refractivity contribution in [3.8, 4) is 0 Å². The monoisotopic (exact) mass is 188 g/mol. The van der Waals surface area contributed by atoms with E-state index in [0.29, 0.717) is 0 Å². The van der Waals surface area contributed by atoms with Crippen LogP contribution >= 0.6 is 0 Å². The Balaban J connectivity index is 2.93. The molecular weight excluding hydrogens is 176 g/mol. The molecule has 1 aromatic rings. The standard InChI is InChI=1S/C10H12N4/c1-4-9(3)6-7-10(5-2)14-12-8-11-13-14/h4-8H,1-2H2,3H3/b9-6-,10-7+. The number of nitrogens with zero attached hydrogens (tertiary/aromatic N) is 4. The van der Waals surface area contributed by atoms with Crippen LogP contribution < -0.4 is 0 Å². The Bertz CT molecular complexity index is 371. The fraction of sp³-hybridized carbons (Fsp3) is 0.100. The summed E-state index contributed by atoms with van der Waals surface area (Å²) in [5.41, 5.74) is 1.83. The first-order valence-corrected chi connectivity index (χ1v) is 4.14. The van der Waals surface area contributed by atoms with Crippen molar-refractivity contribution in [3.63, 3.8) is 0 Å². The largest absolute Gasteiger partial charge is 0.162 e. The number of hydrogen-bond donors (Lipinski definition) is 0. The first-order valence-electron chi connectivity index (χ1n) is 4.14. The lowest BCUT2D eigenvalue weighted by atomic mass is 10.2. The third-order valence-electron chi connectivity index (χ3n) is 1.63. The van der Waals surface area contributed by atoms with E-state index < -0.39 is 0 Å². The zero-order chi connectivity index (χ0) is 10.4. The Hall–Kier alpha value is -1.97. The first kappa shape index (κ1) is 10.1. The highest BCUT2D eigenvalue weighted by Gasteiger charge is 1.95. The summed E-state index contributed by atoms with van der Waals surface area (Å²) in [5.74, 6) is 0. The van der Waals surface area contributed by atoms with Crippen LogP contribution in [0.4, 0.5) is 0 Å². The Kier molecular flexibility index (Phi) is 3.55. The third kappa shape index (κ3) is 2.52. The molecule has 1 rings (SSSR count). The van der Waals surface area contributed by atoms with Gasteiger partial charge in [-0.15, -0.1) is 15.0 Å². The molecule has 0 radical (unpaired) electrons. The normalized spacial score (nSPS) is 12.6. The molecule has 14 heavy (non-hydrogen) atoms. The third-order valence-corrected chi connectivity index (χ3v) is 1.63. The van der Waals surface area contributed by atoms with Crippen LogP contribution in [0.1, 0.15) is 6.92 Å². The van der Waals surface area contributed by atoms with Gasteiger partial charge in [-0.3, -0.25) is 0 Å². The van der Waals surface area contributed by atoms with Gasteiger partial charge in [-0.05, 0) is 24.3 Å². The van der Waals surface area contributed by atoms with E-state index in [4.69, 9.17) is 0 Å². The van der Waals surface area contributed by atoms with Crippen molar-refractivity contribution < 1.29 is 0 Å². The molecule has 0 unspecified atom stereocenters. The molecular formula is C10H12N4. The molecule has 72 valence electrons. The van der Waals surface area contributed by atoms with Gasteiger partial charge in [0.25, 0.3) is 0 Å². The maximum atomic E-state index is 3.89. The van der Waals surface area contributed by atoms with Crippen LogP contribution in [0.15, 0.2) is 49.4 Å². The van der Waals surface area contributed by atoms with E-state index in [2.05, 4.69) is 28.6 Å². The molecule has 1 aromatic heterocycles. The predicted octanol–water partition coefficient (Wildman–Crippen LogP) is 1.83. The van der Waals surface area contributed by atoms with Crippen molar-refractivity contribution in [3.05, 3.63) is 49.4 Å². The SMILES string of the molecule is C=C/C(C)=C\C=C(/C=C)n1ncnn1. The van der Waals surface area contributed by atoms with E-state index in [1.54, 1.807) is 12.2 Å². The van der Waals surface area contributed by atoms with E-state index in [1.165, 1.54) is 11.1 Å². The molecule has 0 amide bonds. The minimum Gasteiger partial charge on any atom is -0.135 e. The van der Waals surface area contributed by atoms with E-state index >= 15 is 0 Å². The van der Waals surface area contributed by atoms with Crippen molar-refractivity contribution in [2.45, 2.75) is 6.92 Å². The zero-order valence-electron chi connectivity index (χ0n) is 8.09. The molecule has 0 aromatic carbocycles. The van der Waals surface area contributed by atoms with Crippen LogP contribution in [0.3, 0.4) is 0 Å². The molecule has 0 aliphatic carbocycles. The van der Waals surface area contributed by atoms with Crippen molar-refractivity contribution in [1.29, 1.82) is 0 Å². The highest BCUT2D eigenvalue weighted by molar-refractivity contribution is 5.56. The average molecular weight is 188 g/mol. The minimum atomic E-state index is 0.767. The highest BCUT2D eigenvalue weighted by Crippen LogP contribution is 2.03. The van der Waals surface area contributed by atoms with Crippen LogP contribution in [0.25, 0.3) is 5.70 Å². The molecule has 4 nitrogen and oxygen atoms in total. The lowest BCUT2D eigenvalue weighted by molar-refractivity contribution is 0.742. The van der Waals surface area contributed by atoms with Gasteiger partial charge in [0.2, 0.25) is 0 Å². The molecule has 0 bridgehead atoms. The predicted molar refractivity (Wildman–Crippen MR) is 56.2 cm³/mol. The molecule has 0 saturated heterocycles. The van der Waals surface area contributed by atoms with Gasteiger partial charge in [-0.1, -0.05) is 30.9 Å². The lowest BCUT2D eigenvalue weighted by Crippen LogP contribution is -1.98. The van der Waals surface area contributed by atoms with Gasteiger partial charge in [0, 0.05) is 0 Å². The van der Waals surface area contributed by atoms with Crippen LogP contribution in [0.5, 0.6) is 0 Å². The number of aromatic nitrogens is 4. The molecule has 0 aliphatic rings. The minimum absolute atomic E-state index is 0.767. The van der Waals surface area contributed by atoms with Gasteiger partial charge in [-0.25, -0.2) is 0 Å². The topological polar surface area (TPSA) is 43.6 Å². The van der Waals surface area contributed by atoms with Gasteiger partial charge in [0.1, 0.15) is 0 Å². The van der Waals surface area contributed by atoms with E-state index in [9.17, 15) is 0 Å². The first-order chi connectivity index (χ1) is 6.77. The second-order valence-electron chi connectivity index (χ2n) is 2.64. The summed E-state index contributed by atoms with van der Waals surface area (Å²) in [5, 5.41) is 11.3. The van der Waals surface area contributed by atoms with E-state index in [0.717, 1.165) is 11.3 Å². The quantitative estimate of drug-likeness (QED) is 0.677. The molecule has 0 fully saturated rings. The number of rotatable bonds is 4. The second-order valence-corrected chi connectivity index (χ2v) is 2.64. The Morgan fingerprint density at radius 2 is 2.07 bits per heavy atom. The summed E-state index contributed by atoms with van der Waals surface area (Å²) in [4.78, 5) is 1.40. The van der Waals surface area contributed by atoms with Gasteiger partial charge in [0.05, 0.1) is 5.70 Å². The Morgan fingerprint density at radius 1 is 1.29 bits per heavy atom. The van der Waals surface area contributed by atoms with Gasteiger partial charge < -0.3 is 0 Å². The molecule has 1 heterocycles. The van der Waals surface area contributed by atoms with Crippen molar-refractivity contribution >= 4 is 5.70 Å². The smallest absolute Gasteiger partial charge is 0.135 e. The second kappa shape index (κ2) is 4.91. The molecule has 4 heteroatoms. The number of allylic oxidation sites excluding steroid dienone is 6. The lowest BCUT2D eigenvalue weighted by Gasteiger charge is -1.96. The van der Waals surface area contributed by atoms with Crippen molar-refractivity contribution in [1.82, 2.24) is 20.2 Å². The molecule has 0 saturated carbocycles. The molecule has 0 aliphatic heterocycles.